The first-order chi connectivity index (χ1) is 6.83. The fraction of sp³-hybridized carbons (Fsp3) is 1.00. The number of rotatable bonds is 3. The van der Waals surface area contributed by atoms with E-state index in [0.29, 0.717) is 6.42 Å². The van der Waals surface area contributed by atoms with Crippen LogP contribution in [-0.2, 0) is 23.8 Å². The van der Waals surface area contributed by atoms with Gasteiger partial charge in [0.25, 0.3) is 10.1 Å². The van der Waals surface area contributed by atoms with E-state index in [2.05, 4.69) is 0 Å². The Labute approximate surface area is 89.8 Å². The van der Waals surface area contributed by atoms with E-state index in [4.69, 9.17) is 19.4 Å². The Morgan fingerprint density at radius 3 is 2.47 bits per heavy atom. The largest absolute Gasteiger partial charge is 0.356 e. The van der Waals surface area contributed by atoms with Gasteiger partial charge in [-0.05, 0) is 6.92 Å². The molecule has 1 saturated heterocycles. The smallest absolute Gasteiger partial charge is 0.264 e. The lowest BCUT2D eigenvalue weighted by Crippen LogP contribution is -2.53. The van der Waals surface area contributed by atoms with Gasteiger partial charge in [0.15, 0.2) is 6.29 Å². The minimum Gasteiger partial charge on any atom is -0.356 e. The summed E-state index contributed by atoms with van der Waals surface area (Å²) in [6, 6.07) is -0.409. The second-order valence-electron chi connectivity index (χ2n) is 3.67. The topological polar surface area (TPSA) is 87.9 Å². The van der Waals surface area contributed by atoms with Crippen molar-refractivity contribution in [3.05, 3.63) is 0 Å². The van der Waals surface area contributed by atoms with E-state index in [0.717, 1.165) is 6.26 Å². The third-order valence-corrected chi connectivity index (χ3v) is 2.84. The van der Waals surface area contributed by atoms with Gasteiger partial charge in [-0.15, -0.1) is 0 Å². The van der Waals surface area contributed by atoms with Crippen molar-refractivity contribution >= 4 is 10.1 Å². The zero-order chi connectivity index (χ0) is 11.6. The first kappa shape index (κ1) is 12.9. The van der Waals surface area contributed by atoms with Crippen LogP contribution in [0.15, 0.2) is 0 Å². The van der Waals surface area contributed by atoms with Gasteiger partial charge < -0.3 is 15.2 Å². The van der Waals surface area contributed by atoms with E-state index in [1.807, 2.05) is 0 Å². The van der Waals surface area contributed by atoms with Crippen LogP contribution >= 0.6 is 0 Å². The number of nitrogens with two attached hydrogens (primary N) is 1. The molecule has 0 amide bonds. The van der Waals surface area contributed by atoms with Crippen LogP contribution in [0.5, 0.6) is 0 Å². The van der Waals surface area contributed by atoms with Crippen molar-refractivity contribution in [2.24, 2.45) is 5.73 Å². The maximum atomic E-state index is 11.0. The predicted molar refractivity (Wildman–Crippen MR) is 53.7 cm³/mol. The average Bonchev–Trinajstić information content (AvgIpc) is 2.09. The third-order valence-electron chi connectivity index (χ3n) is 2.26. The fourth-order valence-electron chi connectivity index (χ4n) is 1.58. The Balaban J connectivity index is 2.66. The van der Waals surface area contributed by atoms with Crippen LogP contribution in [0.4, 0.5) is 0 Å². The van der Waals surface area contributed by atoms with Crippen molar-refractivity contribution in [2.75, 3.05) is 13.4 Å². The Hall–Kier alpha value is -0.210. The molecule has 4 atom stereocenters. The van der Waals surface area contributed by atoms with Gasteiger partial charge in [0.05, 0.1) is 12.4 Å². The summed E-state index contributed by atoms with van der Waals surface area (Å²) in [6.45, 7) is 1.71. The zero-order valence-electron chi connectivity index (χ0n) is 9.04. The number of hydrogen-bond donors (Lipinski definition) is 1. The van der Waals surface area contributed by atoms with Gasteiger partial charge in [0.2, 0.25) is 0 Å². The molecule has 4 unspecified atom stereocenters. The Kier molecular flexibility index (Phi) is 4.07. The molecule has 1 fully saturated rings. The van der Waals surface area contributed by atoms with E-state index in [1.54, 1.807) is 6.92 Å². The normalized spacial score (nSPS) is 37.9. The van der Waals surface area contributed by atoms with Crippen LogP contribution in [-0.4, -0.2) is 46.3 Å². The quantitative estimate of drug-likeness (QED) is 0.664. The van der Waals surface area contributed by atoms with Crippen LogP contribution in [0.25, 0.3) is 0 Å². The highest BCUT2D eigenvalue weighted by atomic mass is 32.2. The highest BCUT2D eigenvalue weighted by Gasteiger charge is 2.37. The van der Waals surface area contributed by atoms with Crippen LogP contribution in [0, 0.1) is 0 Å². The summed E-state index contributed by atoms with van der Waals surface area (Å²) >= 11 is 0. The molecule has 0 aromatic carbocycles. The van der Waals surface area contributed by atoms with Crippen molar-refractivity contribution in [3.8, 4) is 0 Å². The average molecular weight is 239 g/mol. The molecular weight excluding hydrogens is 222 g/mol. The molecule has 6 nitrogen and oxygen atoms in total. The van der Waals surface area contributed by atoms with Crippen LogP contribution in [0.3, 0.4) is 0 Å². The van der Waals surface area contributed by atoms with Crippen LogP contribution < -0.4 is 5.73 Å². The van der Waals surface area contributed by atoms with Gasteiger partial charge in [-0.2, -0.15) is 8.42 Å². The molecule has 0 saturated carbocycles. The van der Waals surface area contributed by atoms with Gasteiger partial charge in [-0.1, -0.05) is 0 Å². The molecule has 0 aliphatic carbocycles. The predicted octanol–water partition coefficient (Wildman–Crippen LogP) is -0.560. The van der Waals surface area contributed by atoms with Crippen molar-refractivity contribution in [2.45, 2.75) is 37.9 Å². The van der Waals surface area contributed by atoms with Gasteiger partial charge in [-0.3, -0.25) is 4.18 Å². The minimum atomic E-state index is -3.51. The summed E-state index contributed by atoms with van der Waals surface area (Å²) in [4.78, 5) is 0. The van der Waals surface area contributed by atoms with Gasteiger partial charge in [0.1, 0.15) is 6.10 Å². The first-order valence-electron chi connectivity index (χ1n) is 4.65. The van der Waals surface area contributed by atoms with Crippen molar-refractivity contribution in [3.63, 3.8) is 0 Å². The second-order valence-corrected chi connectivity index (χ2v) is 5.27. The lowest BCUT2D eigenvalue weighted by molar-refractivity contribution is -0.206. The number of methoxy groups -OCH3 is 1. The highest BCUT2D eigenvalue weighted by molar-refractivity contribution is 7.86. The van der Waals surface area contributed by atoms with E-state index in [1.165, 1.54) is 7.11 Å². The van der Waals surface area contributed by atoms with E-state index >= 15 is 0 Å². The van der Waals surface area contributed by atoms with Gasteiger partial charge >= 0.3 is 0 Å². The summed E-state index contributed by atoms with van der Waals surface area (Å²) in [5.74, 6) is 0. The molecule has 0 bridgehead atoms. The SMILES string of the molecule is COC1CC(N)C(OS(C)(=O)=O)C(C)O1. The maximum Gasteiger partial charge on any atom is 0.264 e. The van der Waals surface area contributed by atoms with E-state index in [9.17, 15) is 8.42 Å². The molecule has 1 aliphatic rings. The third kappa shape index (κ3) is 3.69. The molecule has 2 N–H and O–H groups in total. The lowest BCUT2D eigenvalue weighted by Gasteiger charge is -2.37. The molecule has 1 rings (SSSR count). The summed E-state index contributed by atoms with van der Waals surface area (Å²) in [6.07, 6.45) is -0.0372. The van der Waals surface area contributed by atoms with Gasteiger partial charge in [-0.25, -0.2) is 0 Å². The molecular formula is C8H17NO5S. The van der Waals surface area contributed by atoms with Gasteiger partial charge in [0, 0.05) is 19.6 Å². The molecule has 1 heterocycles. The summed E-state index contributed by atoms with van der Waals surface area (Å²) in [5.41, 5.74) is 5.79. The molecule has 0 aromatic heterocycles. The summed E-state index contributed by atoms with van der Waals surface area (Å²) < 4.78 is 37.2. The monoisotopic (exact) mass is 239 g/mol. The lowest BCUT2D eigenvalue weighted by atomic mass is 10.0. The maximum absolute atomic E-state index is 11.0. The second kappa shape index (κ2) is 4.75. The number of ether oxygens (including phenoxy) is 2. The van der Waals surface area contributed by atoms with Crippen LogP contribution in [0.1, 0.15) is 13.3 Å². The highest BCUT2D eigenvalue weighted by Crippen LogP contribution is 2.22. The molecule has 0 aromatic rings. The Bertz CT molecular complexity index is 292. The standard InChI is InChI=1S/C8H17NO5S/c1-5-8(14-15(3,10)11)6(9)4-7(12-2)13-5/h5-8H,4,9H2,1-3H3. The Morgan fingerprint density at radius 1 is 1.47 bits per heavy atom. The minimum absolute atomic E-state index is 0.394. The molecule has 7 heteroatoms. The van der Waals surface area contributed by atoms with Crippen molar-refractivity contribution in [1.82, 2.24) is 0 Å². The fourth-order valence-corrected chi connectivity index (χ4v) is 2.28. The molecule has 0 spiro atoms. The molecule has 1 aliphatic heterocycles. The first-order valence-corrected chi connectivity index (χ1v) is 6.47. The summed E-state index contributed by atoms with van der Waals surface area (Å²) in [5, 5.41) is 0. The van der Waals surface area contributed by atoms with E-state index < -0.39 is 34.7 Å². The zero-order valence-corrected chi connectivity index (χ0v) is 9.86. The molecule has 15 heavy (non-hydrogen) atoms. The summed E-state index contributed by atoms with van der Waals surface area (Å²) in [7, 11) is -2.00. The van der Waals surface area contributed by atoms with Crippen molar-refractivity contribution in [1.29, 1.82) is 0 Å². The molecule has 90 valence electrons. The van der Waals surface area contributed by atoms with E-state index in [-0.39, 0.29) is 0 Å². The number of hydrogen-bond acceptors (Lipinski definition) is 6. The van der Waals surface area contributed by atoms with Crippen LogP contribution in [0.2, 0.25) is 0 Å². The van der Waals surface area contributed by atoms with Crippen molar-refractivity contribution < 1.29 is 22.1 Å². The Morgan fingerprint density at radius 2 is 2.07 bits per heavy atom. The molecule has 0 radical (unpaired) electrons.